The molecule has 0 spiro atoms. The van der Waals surface area contributed by atoms with E-state index in [1.165, 1.54) is 44.1 Å². The number of aliphatic hydroxyl groups excluding tert-OH is 1. The van der Waals surface area contributed by atoms with Crippen molar-refractivity contribution < 1.29 is 9.50 Å². The molecule has 2 fully saturated rings. The predicted octanol–water partition coefficient (Wildman–Crippen LogP) is 6.46. The van der Waals surface area contributed by atoms with Crippen molar-refractivity contribution in [2.45, 2.75) is 89.6 Å². The predicted molar refractivity (Wildman–Crippen MR) is 110 cm³/mol. The lowest BCUT2D eigenvalue weighted by molar-refractivity contribution is 0.162. The highest BCUT2D eigenvalue weighted by atomic mass is 19.1. The number of hydrogen-bond acceptors (Lipinski definition) is 1. The molecular formula is C25H35FO. The van der Waals surface area contributed by atoms with Gasteiger partial charge in [-0.25, -0.2) is 4.39 Å². The first kappa shape index (κ1) is 20.4. The molecule has 2 heteroatoms. The minimum Gasteiger partial charge on any atom is -0.380 e. The van der Waals surface area contributed by atoms with Gasteiger partial charge in [0.05, 0.1) is 0 Å². The molecule has 0 amide bonds. The van der Waals surface area contributed by atoms with Gasteiger partial charge < -0.3 is 5.11 Å². The van der Waals surface area contributed by atoms with Gasteiger partial charge in [0, 0.05) is 5.92 Å². The van der Waals surface area contributed by atoms with E-state index in [-0.39, 0.29) is 5.82 Å². The first-order valence-electron chi connectivity index (χ1n) is 11.1. The van der Waals surface area contributed by atoms with Crippen LogP contribution in [-0.4, -0.2) is 11.2 Å². The summed E-state index contributed by atoms with van der Waals surface area (Å²) in [6.45, 7) is 2.28. The summed E-state index contributed by atoms with van der Waals surface area (Å²) < 4.78 is 13.1. The van der Waals surface area contributed by atoms with E-state index in [1.807, 2.05) is 12.1 Å². The molecule has 0 aliphatic heterocycles. The maximum atomic E-state index is 13.1. The maximum absolute atomic E-state index is 13.1. The van der Waals surface area contributed by atoms with Gasteiger partial charge in [0.1, 0.15) is 11.9 Å². The average molecular weight is 371 g/mol. The summed E-state index contributed by atoms with van der Waals surface area (Å²) in [5.74, 6) is 8.89. The molecule has 2 aliphatic carbocycles. The number of rotatable bonds is 5. The van der Waals surface area contributed by atoms with Gasteiger partial charge in [-0.15, -0.1) is 0 Å². The second-order valence-electron chi connectivity index (χ2n) is 8.82. The number of benzene rings is 1. The quantitative estimate of drug-likeness (QED) is 0.590. The van der Waals surface area contributed by atoms with Crippen molar-refractivity contribution in [1.29, 1.82) is 0 Å². The molecule has 0 aromatic heterocycles. The zero-order valence-corrected chi connectivity index (χ0v) is 16.8. The number of hydrogen-bond donors (Lipinski definition) is 1. The molecule has 0 heterocycles. The van der Waals surface area contributed by atoms with Crippen LogP contribution in [0.25, 0.3) is 0 Å². The van der Waals surface area contributed by atoms with Crippen molar-refractivity contribution in [2.75, 3.05) is 0 Å². The van der Waals surface area contributed by atoms with E-state index < -0.39 is 6.10 Å². The molecule has 1 aromatic rings. The van der Waals surface area contributed by atoms with Gasteiger partial charge in [-0.3, -0.25) is 0 Å². The third-order valence-electron chi connectivity index (χ3n) is 6.74. The molecule has 1 atom stereocenters. The van der Waals surface area contributed by atoms with Gasteiger partial charge in [0.2, 0.25) is 0 Å². The lowest BCUT2D eigenvalue weighted by atomic mass is 9.77. The zero-order chi connectivity index (χ0) is 19.1. The Bertz CT molecular complexity index is 610. The van der Waals surface area contributed by atoms with Crippen LogP contribution < -0.4 is 0 Å². The van der Waals surface area contributed by atoms with E-state index in [9.17, 15) is 9.50 Å². The van der Waals surface area contributed by atoms with Crippen molar-refractivity contribution in [3.63, 3.8) is 0 Å². The van der Waals surface area contributed by atoms with E-state index in [0.717, 1.165) is 38.0 Å². The van der Waals surface area contributed by atoms with Crippen LogP contribution in [0.2, 0.25) is 0 Å². The third-order valence-corrected chi connectivity index (χ3v) is 6.74. The Hall–Kier alpha value is -1.33. The van der Waals surface area contributed by atoms with Crippen molar-refractivity contribution in [2.24, 2.45) is 17.8 Å². The molecule has 2 saturated carbocycles. The van der Waals surface area contributed by atoms with Crippen LogP contribution in [-0.2, 0) is 0 Å². The van der Waals surface area contributed by atoms with Crippen LogP contribution in [0.1, 0.15) is 89.0 Å². The van der Waals surface area contributed by atoms with Gasteiger partial charge in [-0.1, -0.05) is 69.4 Å². The normalized spacial score (nSPS) is 29.6. The van der Waals surface area contributed by atoms with Gasteiger partial charge in [-0.05, 0) is 67.6 Å². The first-order valence-corrected chi connectivity index (χ1v) is 11.1. The SMILES string of the molecule is CCCC1CCC(CC(O)C#CC2CCC(c3ccc(F)cc3)CC2)CC1. The summed E-state index contributed by atoms with van der Waals surface area (Å²) in [4.78, 5) is 0. The summed E-state index contributed by atoms with van der Waals surface area (Å²) in [6, 6.07) is 6.97. The largest absolute Gasteiger partial charge is 0.380 e. The lowest BCUT2D eigenvalue weighted by Gasteiger charge is -2.29. The molecule has 1 nitrogen and oxygen atoms in total. The Kier molecular flexibility index (Phi) is 7.77. The second-order valence-corrected chi connectivity index (χ2v) is 8.82. The Morgan fingerprint density at radius 2 is 1.59 bits per heavy atom. The summed E-state index contributed by atoms with van der Waals surface area (Å²) in [6.07, 6.45) is 12.7. The van der Waals surface area contributed by atoms with E-state index in [2.05, 4.69) is 18.8 Å². The standard InChI is InChI=1S/C25H35FO/c1-2-3-19-4-6-21(7-5-19)18-25(27)17-10-20-8-11-22(12-9-20)23-13-15-24(26)16-14-23/h13-16,19-22,25,27H,2-9,11-12,18H2,1H3. The van der Waals surface area contributed by atoms with E-state index >= 15 is 0 Å². The molecule has 0 bridgehead atoms. The molecule has 27 heavy (non-hydrogen) atoms. The summed E-state index contributed by atoms with van der Waals surface area (Å²) in [5, 5.41) is 10.3. The lowest BCUT2D eigenvalue weighted by Crippen LogP contribution is -2.19. The fraction of sp³-hybridized carbons (Fsp3) is 0.680. The van der Waals surface area contributed by atoms with Crippen molar-refractivity contribution in [3.8, 4) is 11.8 Å². The Morgan fingerprint density at radius 1 is 0.963 bits per heavy atom. The average Bonchev–Trinajstić information content (AvgIpc) is 2.69. The summed E-state index contributed by atoms with van der Waals surface area (Å²) >= 11 is 0. The van der Waals surface area contributed by atoms with Gasteiger partial charge in [0.25, 0.3) is 0 Å². The fourth-order valence-corrected chi connectivity index (χ4v) is 5.06. The molecule has 1 aromatic carbocycles. The minimum atomic E-state index is -0.451. The summed E-state index contributed by atoms with van der Waals surface area (Å²) in [5.41, 5.74) is 1.25. The monoisotopic (exact) mass is 370 g/mol. The highest BCUT2D eigenvalue weighted by Gasteiger charge is 2.23. The van der Waals surface area contributed by atoms with Crippen LogP contribution in [0.3, 0.4) is 0 Å². The van der Waals surface area contributed by atoms with Gasteiger partial charge in [0.15, 0.2) is 0 Å². The number of aliphatic hydroxyl groups is 1. The van der Waals surface area contributed by atoms with Crippen LogP contribution in [0.5, 0.6) is 0 Å². The third kappa shape index (κ3) is 6.35. The molecular weight excluding hydrogens is 335 g/mol. The molecule has 0 radical (unpaired) electrons. The minimum absolute atomic E-state index is 0.161. The van der Waals surface area contributed by atoms with Crippen LogP contribution in [0, 0.1) is 35.4 Å². The molecule has 1 N–H and O–H groups in total. The molecule has 3 rings (SSSR count). The zero-order valence-electron chi connectivity index (χ0n) is 16.8. The Balaban J connectivity index is 1.39. The molecule has 1 unspecified atom stereocenters. The topological polar surface area (TPSA) is 20.2 Å². The van der Waals surface area contributed by atoms with Crippen molar-refractivity contribution in [3.05, 3.63) is 35.6 Å². The molecule has 0 saturated heterocycles. The molecule has 148 valence electrons. The first-order chi connectivity index (χ1) is 13.1. The smallest absolute Gasteiger partial charge is 0.123 e. The second kappa shape index (κ2) is 10.3. The summed E-state index contributed by atoms with van der Waals surface area (Å²) in [7, 11) is 0. The van der Waals surface area contributed by atoms with Crippen LogP contribution in [0.15, 0.2) is 24.3 Å². The Morgan fingerprint density at radius 3 is 2.22 bits per heavy atom. The highest BCUT2D eigenvalue weighted by Crippen LogP contribution is 2.36. The fourth-order valence-electron chi connectivity index (χ4n) is 5.06. The maximum Gasteiger partial charge on any atom is 0.123 e. The van der Waals surface area contributed by atoms with Crippen molar-refractivity contribution in [1.82, 2.24) is 0 Å². The van der Waals surface area contributed by atoms with Crippen LogP contribution >= 0.6 is 0 Å². The van der Waals surface area contributed by atoms with Crippen LogP contribution in [0.4, 0.5) is 4.39 Å². The Labute approximate surface area is 164 Å². The highest BCUT2D eigenvalue weighted by molar-refractivity contribution is 5.21. The van der Waals surface area contributed by atoms with E-state index in [1.54, 1.807) is 12.1 Å². The van der Waals surface area contributed by atoms with Gasteiger partial charge >= 0.3 is 0 Å². The number of halogens is 1. The van der Waals surface area contributed by atoms with E-state index in [4.69, 9.17) is 0 Å². The molecule has 2 aliphatic rings. The van der Waals surface area contributed by atoms with E-state index in [0.29, 0.717) is 17.8 Å². The van der Waals surface area contributed by atoms with Crippen molar-refractivity contribution >= 4 is 0 Å². The van der Waals surface area contributed by atoms with Gasteiger partial charge in [-0.2, -0.15) is 0 Å².